The monoisotopic (exact) mass is 353 g/mol. The molecule has 0 radical (unpaired) electrons. The van der Waals surface area contributed by atoms with Crippen molar-refractivity contribution in [1.29, 1.82) is 0 Å². The van der Waals surface area contributed by atoms with E-state index in [0.29, 0.717) is 5.89 Å². The lowest BCUT2D eigenvalue weighted by atomic mass is 10.2. The highest BCUT2D eigenvalue weighted by atomic mass is 35.5. The van der Waals surface area contributed by atoms with E-state index in [1.54, 1.807) is 6.21 Å². The third kappa shape index (κ3) is 3.69. The Kier molecular flexibility index (Phi) is 4.70. The maximum atomic E-state index is 6.15. The molecule has 0 N–H and O–H groups in total. The molecule has 4 nitrogen and oxygen atoms in total. The molecule has 0 spiro atoms. The Hall–Kier alpha value is -2.33. The lowest BCUT2D eigenvalue weighted by Crippen LogP contribution is -2.22. The summed E-state index contributed by atoms with van der Waals surface area (Å²) >= 11 is 6.15. The highest BCUT2D eigenvalue weighted by Gasteiger charge is 2.22. The number of fused-ring (bicyclic) bond motifs is 1. The second kappa shape index (κ2) is 7.28. The lowest BCUT2D eigenvalue weighted by molar-refractivity contribution is 0.486. The molecular weight excluding hydrogens is 334 g/mol. The summed E-state index contributed by atoms with van der Waals surface area (Å²) in [4.78, 5) is 11.5. The smallest absolute Gasteiger partial charge is 0.245 e. The van der Waals surface area contributed by atoms with Crippen molar-refractivity contribution in [1.82, 2.24) is 4.98 Å². The van der Waals surface area contributed by atoms with Gasteiger partial charge in [0, 0.05) is 29.9 Å². The number of aryl methyl sites for hydroxylation is 1. The van der Waals surface area contributed by atoms with Gasteiger partial charge in [0.2, 0.25) is 5.89 Å². The van der Waals surface area contributed by atoms with Crippen LogP contribution in [0.1, 0.15) is 36.6 Å². The first-order valence-corrected chi connectivity index (χ1v) is 9.06. The van der Waals surface area contributed by atoms with Crippen LogP contribution in [0.4, 0.5) is 5.69 Å². The van der Waals surface area contributed by atoms with Crippen LogP contribution in [0.3, 0.4) is 0 Å². The molecule has 2 aliphatic rings. The number of allylic oxidation sites excluding steroid dienone is 3. The predicted octanol–water partition coefficient (Wildman–Crippen LogP) is 5.04. The Bertz CT molecular complexity index is 850. The van der Waals surface area contributed by atoms with E-state index < -0.39 is 0 Å². The Labute approximate surface area is 152 Å². The average Bonchev–Trinajstić information content (AvgIpc) is 2.86. The van der Waals surface area contributed by atoms with Crippen molar-refractivity contribution in [2.24, 2.45) is 4.99 Å². The SMILES string of the molecule is Clc1cccc(N2CCCc3oc(C4=CCCC=CC=N4)nc3C2)c1. The third-order valence-corrected chi connectivity index (χ3v) is 4.69. The number of anilines is 1. The molecule has 1 aromatic heterocycles. The van der Waals surface area contributed by atoms with Gasteiger partial charge in [0.15, 0.2) is 0 Å². The molecular formula is C20H20ClN3O. The number of halogens is 1. The quantitative estimate of drug-likeness (QED) is 0.759. The largest absolute Gasteiger partial charge is 0.440 e. The van der Waals surface area contributed by atoms with Gasteiger partial charge >= 0.3 is 0 Å². The van der Waals surface area contributed by atoms with E-state index >= 15 is 0 Å². The third-order valence-electron chi connectivity index (χ3n) is 4.45. The fourth-order valence-electron chi connectivity index (χ4n) is 3.19. The number of rotatable bonds is 2. The molecule has 1 aromatic carbocycles. The van der Waals surface area contributed by atoms with Crippen molar-refractivity contribution >= 4 is 29.2 Å². The number of aromatic nitrogens is 1. The minimum Gasteiger partial charge on any atom is -0.440 e. The van der Waals surface area contributed by atoms with Crippen LogP contribution in [0.2, 0.25) is 5.02 Å². The van der Waals surface area contributed by atoms with E-state index in [-0.39, 0.29) is 0 Å². The number of benzene rings is 1. The molecule has 0 bridgehead atoms. The summed E-state index contributed by atoms with van der Waals surface area (Å²) in [6, 6.07) is 7.97. The zero-order valence-electron chi connectivity index (χ0n) is 14.0. The summed E-state index contributed by atoms with van der Waals surface area (Å²) in [6.07, 6.45) is 11.9. The van der Waals surface area contributed by atoms with Gasteiger partial charge in [-0.05, 0) is 43.5 Å². The summed E-state index contributed by atoms with van der Waals surface area (Å²) in [5.74, 6) is 1.61. The Balaban J connectivity index is 1.61. The first kappa shape index (κ1) is 16.2. The Morgan fingerprint density at radius 1 is 1.20 bits per heavy atom. The van der Waals surface area contributed by atoms with E-state index in [9.17, 15) is 0 Å². The molecule has 0 fully saturated rings. The number of hydrogen-bond acceptors (Lipinski definition) is 4. The fraction of sp³-hybridized carbons (Fsp3) is 0.300. The topological polar surface area (TPSA) is 41.6 Å². The van der Waals surface area contributed by atoms with Gasteiger partial charge in [-0.2, -0.15) is 0 Å². The van der Waals surface area contributed by atoms with Crippen molar-refractivity contribution in [3.8, 4) is 0 Å². The lowest BCUT2D eigenvalue weighted by Gasteiger charge is -2.22. The van der Waals surface area contributed by atoms with Gasteiger partial charge in [-0.15, -0.1) is 0 Å². The molecule has 2 aromatic rings. The normalized spacial score (nSPS) is 17.5. The summed E-state index contributed by atoms with van der Waals surface area (Å²) in [5.41, 5.74) is 2.95. The zero-order valence-corrected chi connectivity index (χ0v) is 14.7. The highest BCUT2D eigenvalue weighted by molar-refractivity contribution is 6.30. The standard InChI is InChI=1S/C20H20ClN3O/c21-15-7-5-8-16(13-15)24-12-6-10-19-18(14-24)23-20(25-19)17-9-3-1-2-4-11-22-17/h2,4-5,7-9,11,13H,1,3,6,10,12,14H2. The summed E-state index contributed by atoms with van der Waals surface area (Å²) < 4.78 is 6.06. The first-order valence-electron chi connectivity index (χ1n) is 8.68. The molecule has 0 aliphatic carbocycles. The molecule has 4 rings (SSSR count). The number of oxazole rings is 1. The minimum absolute atomic E-state index is 0.629. The summed E-state index contributed by atoms with van der Waals surface area (Å²) in [5, 5.41) is 0.755. The van der Waals surface area contributed by atoms with Crippen LogP contribution in [0.15, 0.2) is 51.9 Å². The maximum absolute atomic E-state index is 6.15. The fourth-order valence-corrected chi connectivity index (χ4v) is 3.37. The van der Waals surface area contributed by atoms with E-state index in [1.807, 2.05) is 24.3 Å². The van der Waals surface area contributed by atoms with Gasteiger partial charge in [0.05, 0.1) is 6.54 Å². The van der Waals surface area contributed by atoms with Crippen LogP contribution >= 0.6 is 11.6 Å². The van der Waals surface area contributed by atoms with Crippen molar-refractivity contribution in [3.05, 3.63) is 64.9 Å². The molecule has 5 heteroatoms. The summed E-state index contributed by atoms with van der Waals surface area (Å²) in [7, 11) is 0. The zero-order chi connectivity index (χ0) is 17.1. The molecule has 128 valence electrons. The van der Waals surface area contributed by atoms with Crippen molar-refractivity contribution in [2.75, 3.05) is 11.4 Å². The van der Waals surface area contributed by atoms with Gasteiger partial charge in [-0.3, -0.25) is 4.99 Å². The average molecular weight is 354 g/mol. The molecule has 2 aliphatic heterocycles. The number of aliphatic imine (C=N–C) groups is 1. The van der Waals surface area contributed by atoms with E-state index in [0.717, 1.165) is 66.6 Å². The predicted molar refractivity (Wildman–Crippen MR) is 102 cm³/mol. The van der Waals surface area contributed by atoms with Gasteiger partial charge in [0.1, 0.15) is 17.2 Å². The van der Waals surface area contributed by atoms with Crippen molar-refractivity contribution in [2.45, 2.75) is 32.2 Å². The van der Waals surface area contributed by atoms with Crippen LogP contribution in [-0.4, -0.2) is 17.7 Å². The second-order valence-corrected chi connectivity index (χ2v) is 6.70. The highest BCUT2D eigenvalue weighted by Crippen LogP contribution is 2.28. The first-order chi connectivity index (χ1) is 12.3. The van der Waals surface area contributed by atoms with E-state index in [1.165, 1.54) is 0 Å². The van der Waals surface area contributed by atoms with Crippen LogP contribution in [-0.2, 0) is 13.0 Å². The van der Waals surface area contributed by atoms with Crippen LogP contribution in [0.25, 0.3) is 5.70 Å². The van der Waals surface area contributed by atoms with Crippen molar-refractivity contribution in [3.63, 3.8) is 0 Å². The molecule has 0 unspecified atom stereocenters. The van der Waals surface area contributed by atoms with Crippen LogP contribution in [0.5, 0.6) is 0 Å². The van der Waals surface area contributed by atoms with Gasteiger partial charge in [0.25, 0.3) is 0 Å². The Morgan fingerprint density at radius 2 is 2.16 bits per heavy atom. The molecule has 25 heavy (non-hydrogen) atoms. The van der Waals surface area contributed by atoms with Crippen LogP contribution < -0.4 is 4.90 Å². The molecule has 3 heterocycles. The molecule has 0 atom stereocenters. The van der Waals surface area contributed by atoms with Gasteiger partial charge < -0.3 is 9.32 Å². The summed E-state index contributed by atoms with van der Waals surface area (Å²) in [6.45, 7) is 1.70. The van der Waals surface area contributed by atoms with Gasteiger partial charge in [-0.1, -0.05) is 29.8 Å². The number of nitrogens with zero attached hydrogens (tertiary/aromatic N) is 3. The van der Waals surface area contributed by atoms with Crippen LogP contribution in [0, 0.1) is 0 Å². The van der Waals surface area contributed by atoms with Crippen molar-refractivity contribution < 1.29 is 4.42 Å². The van der Waals surface area contributed by atoms with E-state index in [2.05, 4.69) is 28.1 Å². The molecule has 0 saturated heterocycles. The number of hydrogen-bond donors (Lipinski definition) is 0. The minimum atomic E-state index is 0.629. The van der Waals surface area contributed by atoms with Gasteiger partial charge in [-0.25, -0.2) is 4.98 Å². The maximum Gasteiger partial charge on any atom is 0.245 e. The molecule has 0 amide bonds. The Morgan fingerprint density at radius 3 is 3.08 bits per heavy atom. The molecule has 0 saturated carbocycles. The van der Waals surface area contributed by atoms with E-state index in [4.69, 9.17) is 21.0 Å². The second-order valence-electron chi connectivity index (χ2n) is 6.27.